The van der Waals surface area contributed by atoms with Gasteiger partial charge in [0.2, 0.25) is 5.91 Å². The van der Waals surface area contributed by atoms with Crippen molar-refractivity contribution in [1.82, 2.24) is 0 Å². The van der Waals surface area contributed by atoms with Crippen molar-refractivity contribution in [3.05, 3.63) is 29.3 Å². The zero-order valence-corrected chi connectivity index (χ0v) is 12.8. The Morgan fingerprint density at radius 1 is 1.35 bits per heavy atom. The fraction of sp³-hybridized carbons (Fsp3) is 0.471. The Bertz CT molecular complexity index is 536. The smallest absolute Gasteiger partial charge is 0.230 e. The summed E-state index contributed by atoms with van der Waals surface area (Å²) >= 11 is 0. The van der Waals surface area contributed by atoms with E-state index in [1.165, 1.54) is 0 Å². The maximum Gasteiger partial charge on any atom is 0.230 e. The summed E-state index contributed by atoms with van der Waals surface area (Å²) in [6, 6.07) is 5.84. The van der Waals surface area contributed by atoms with Gasteiger partial charge in [-0.3, -0.25) is 4.79 Å². The molecule has 1 rings (SSSR count). The molecule has 0 unspecified atom stereocenters. The molecule has 3 N–H and O–H groups in total. The third kappa shape index (κ3) is 4.11. The highest BCUT2D eigenvalue weighted by molar-refractivity contribution is 5.95. The Hall–Kier alpha value is -1.79. The number of benzene rings is 1. The molecule has 1 amide bonds. The number of amides is 1. The average molecular weight is 272 g/mol. The fourth-order valence-corrected chi connectivity index (χ4v) is 1.69. The van der Waals surface area contributed by atoms with E-state index >= 15 is 0 Å². The first kappa shape index (κ1) is 16.3. The molecule has 0 radical (unpaired) electrons. The predicted molar refractivity (Wildman–Crippen MR) is 84.5 cm³/mol. The lowest BCUT2D eigenvalue weighted by Crippen LogP contribution is -2.30. The zero-order chi connectivity index (χ0) is 15.2. The molecule has 0 aromatic heterocycles. The Balaban J connectivity index is 2.99. The van der Waals surface area contributed by atoms with Gasteiger partial charge in [-0.1, -0.05) is 39.5 Å². The minimum atomic E-state index is -0.358. The first-order chi connectivity index (χ1) is 9.44. The summed E-state index contributed by atoms with van der Waals surface area (Å²) < 4.78 is 0. The molecule has 0 aliphatic rings. The molecule has 3 heteroatoms. The SMILES string of the molecule is CCc1cc(C#CCN)ccc1NC(=O)C(C)(C)CC. The molecule has 0 fully saturated rings. The lowest BCUT2D eigenvalue weighted by atomic mass is 9.89. The van der Waals surface area contributed by atoms with Gasteiger partial charge in [-0.25, -0.2) is 0 Å². The number of anilines is 1. The van der Waals surface area contributed by atoms with Crippen LogP contribution >= 0.6 is 0 Å². The molecule has 1 aromatic carbocycles. The van der Waals surface area contributed by atoms with E-state index in [1.807, 2.05) is 39.0 Å². The number of carbonyl (C=O) groups is 1. The van der Waals surface area contributed by atoms with Gasteiger partial charge in [0, 0.05) is 16.7 Å². The number of rotatable bonds is 4. The van der Waals surface area contributed by atoms with Gasteiger partial charge in [0.1, 0.15) is 0 Å². The normalized spacial score (nSPS) is 10.7. The molecule has 0 aliphatic heterocycles. The van der Waals surface area contributed by atoms with E-state index in [1.54, 1.807) is 0 Å². The quantitative estimate of drug-likeness (QED) is 0.828. The number of carbonyl (C=O) groups excluding carboxylic acids is 1. The number of aryl methyl sites for hydroxylation is 1. The lowest BCUT2D eigenvalue weighted by Gasteiger charge is -2.22. The van der Waals surface area contributed by atoms with E-state index in [9.17, 15) is 4.79 Å². The van der Waals surface area contributed by atoms with E-state index < -0.39 is 0 Å². The van der Waals surface area contributed by atoms with Gasteiger partial charge < -0.3 is 11.1 Å². The zero-order valence-electron chi connectivity index (χ0n) is 12.8. The van der Waals surface area contributed by atoms with E-state index in [0.717, 1.165) is 29.7 Å². The van der Waals surface area contributed by atoms with Gasteiger partial charge >= 0.3 is 0 Å². The van der Waals surface area contributed by atoms with E-state index in [2.05, 4.69) is 24.1 Å². The average Bonchev–Trinajstić information content (AvgIpc) is 2.45. The Labute approximate surface area is 121 Å². The van der Waals surface area contributed by atoms with Crippen LogP contribution in [-0.4, -0.2) is 12.5 Å². The minimum Gasteiger partial charge on any atom is -0.325 e. The Kier molecular flexibility index (Phi) is 5.79. The molecule has 0 atom stereocenters. The molecule has 1 aromatic rings. The molecule has 3 nitrogen and oxygen atoms in total. The first-order valence-corrected chi connectivity index (χ1v) is 7.08. The molecule has 0 bridgehead atoms. The molecule has 20 heavy (non-hydrogen) atoms. The molecular weight excluding hydrogens is 248 g/mol. The number of hydrogen-bond acceptors (Lipinski definition) is 2. The van der Waals surface area contributed by atoms with Crippen molar-refractivity contribution in [3.8, 4) is 11.8 Å². The molecule has 0 saturated carbocycles. The van der Waals surface area contributed by atoms with Crippen molar-refractivity contribution >= 4 is 11.6 Å². The molecular formula is C17H24N2O. The largest absolute Gasteiger partial charge is 0.325 e. The maximum absolute atomic E-state index is 12.2. The van der Waals surface area contributed by atoms with Crippen molar-refractivity contribution in [1.29, 1.82) is 0 Å². The van der Waals surface area contributed by atoms with Gasteiger partial charge in [-0.15, -0.1) is 0 Å². The molecule has 0 saturated heterocycles. The van der Waals surface area contributed by atoms with E-state index in [4.69, 9.17) is 5.73 Å². The summed E-state index contributed by atoms with van der Waals surface area (Å²) in [5.74, 6) is 5.90. The number of nitrogens with one attached hydrogen (secondary N) is 1. The highest BCUT2D eigenvalue weighted by Crippen LogP contribution is 2.24. The lowest BCUT2D eigenvalue weighted by molar-refractivity contribution is -0.124. The second kappa shape index (κ2) is 7.12. The predicted octanol–water partition coefficient (Wildman–Crippen LogP) is 2.93. The standard InChI is InChI=1S/C17H24N2O/c1-5-14-12-13(8-7-11-18)9-10-15(14)19-16(20)17(3,4)6-2/h9-10,12H,5-6,11,18H2,1-4H3,(H,19,20). The summed E-state index contributed by atoms with van der Waals surface area (Å²) in [6.07, 6.45) is 1.65. The van der Waals surface area contributed by atoms with Crippen LogP contribution in [0.4, 0.5) is 5.69 Å². The van der Waals surface area contributed by atoms with Crippen LogP contribution in [0.15, 0.2) is 18.2 Å². The second-order valence-corrected chi connectivity index (χ2v) is 5.42. The van der Waals surface area contributed by atoms with E-state index in [-0.39, 0.29) is 11.3 Å². The van der Waals surface area contributed by atoms with Gasteiger partial charge in [0.05, 0.1) is 6.54 Å². The van der Waals surface area contributed by atoms with Crippen LogP contribution in [0.5, 0.6) is 0 Å². The maximum atomic E-state index is 12.2. The number of hydrogen-bond donors (Lipinski definition) is 2. The second-order valence-electron chi connectivity index (χ2n) is 5.42. The minimum absolute atomic E-state index is 0.0514. The third-order valence-electron chi connectivity index (χ3n) is 3.57. The van der Waals surface area contributed by atoms with Crippen LogP contribution in [-0.2, 0) is 11.2 Å². The van der Waals surface area contributed by atoms with Crippen LogP contribution < -0.4 is 11.1 Å². The Morgan fingerprint density at radius 3 is 2.60 bits per heavy atom. The van der Waals surface area contributed by atoms with Crippen molar-refractivity contribution < 1.29 is 4.79 Å². The van der Waals surface area contributed by atoms with Crippen LogP contribution in [0.3, 0.4) is 0 Å². The molecule has 0 spiro atoms. The summed E-state index contributed by atoms with van der Waals surface area (Å²) in [6.45, 7) is 8.34. The van der Waals surface area contributed by atoms with Gasteiger partial charge in [0.15, 0.2) is 0 Å². The van der Waals surface area contributed by atoms with Crippen molar-refractivity contribution in [2.24, 2.45) is 11.1 Å². The van der Waals surface area contributed by atoms with Crippen LogP contribution in [0.1, 0.15) is 45.2 Å². The van der Waals surface area contributed by atoms with Crippen molar-refractivity contribution in [2.75, 3.05) is 11.9 Å². The van der Waals surface area contributed by atoms with Crippen LogP contribution in [0, 0.1) is 17.3 Å². The van der Waals surface area contributed by atoms with Gasteiger partial charge in [-0.2, -0.15) is 0 Å². The molecule has 0 aliphatic carbocycles. The summed E-state index contributed by atoms with van der Waals surface area (Å²) in [5.41, 5.74) is 7.91. The first-order valence-electron chi connectivity index (χ1n) is 7.08. The monoisotopic (exact) mass is 272 g/mol. The topological polar surface area (TPSA) is 55.1 Å². The van der Waals surface area contributed by atoms with Crippen LogP contribution in [0.25, 0.3) is 0 Å². The summed E-state index contributed by atoms with van der Waals surface area (Å²) in [5, 5.41) is 3.02. The summed E-state index contributed by atoms with van der Waals surface area (Å²) in [4.78, 5) is 12.2. The van der Waals surface area contributed by atoms with Crippen molar-refractivity contribution in [3.63, 3.8) is 0 Å². The highest BCUT2D eigenvalue weighted by atomic mass is 16.2. The Morgan fingerprint density at radius 2 is 2.05 bits per heavy atom. The summed E-state index contributed by atoms with van der Waals surface area (Å²) in [7, 11) is 0. The van der Waals surface area contributed by atoms with Gasteiger partial charge in [0.25, 0.3) is 0 Å². The van der Waals surface area contributed by atoms with Gasteiger partial charge in [-0.05, 0) is 36.6 Å². The highest BCUT2D eigenvalue weighted by Gasteiger charge is 2.25. The number of nitrogens with two attached hydrogens (primary N) is 1. The third-order valence-corrected chi connectivity index (χ3v) is 3.57. The van der Waals surface area contributed by atoms with Crippen LogP contribution in [0.2, 0.25) is 0 Å². The molecule has 108 valence electrons. The van der Waals surface area contributed by atoms with Crippen molar-refractivity contribution in [2.45, 2.75) is 40.5 Å². The van der Waals surface area contributed by atoms with E-state index in [0.29, 0.717) is 6.54 Å². The molecule has 0 heterocycles. The fourth-order valence-electron chi connectivity index (χ4n) is 1.69.